The summed E-state index contributed by atoms with van der Waals surface area (Å²) in [5, 5.41) is 8.67. The number of carboxylic acids is 1. The minimum Gasteiger partial charge on any atom is -0.478 e. The van der Waals surface area contributed by atoms with Crippen LogP contribution < -0.4 is 0 Å². The lowest BCUT2D eigenvalue weighted by atomic mass is 9.66. The topological polar surface area (TPSA) is 37.3 Å². The number of rotatable bonds is 5. The fourth-order valence-corrected chi connectivity index (χ4v) is 2.97. The van der Waals surface area contributed by atoms with Crippen LogP contribution in [0.2, 0.25) is 0 Å². The molecule has 1 unspecified atom stereocenters. The quantitative estimate of drug-likeness (QED) is 0.510. The standard InChI is InChI=1S/C21H30O2/c1-15(8-7-9-16(2)14-20(22)23)10-13-19-17(3)11-12-18(4)21(19,5)6/h7-10,13-14,18H,11-12H2,1-6H3,(H,22,23)/b9-7+,13-10+,15-8-,16-14+. The molecule has 0 amide bonds. The number of hydrogen-bond donors (Lipinski definition) is 1. The van der Waals surface area contributed by atoms with Crippen molar-refractivity contribution in [3.63, 3.8) is 0 Å². The summed E-state index contributed by atoms with van der Waals surface area (Å²) in [4.78, 5) is 10.6. The van der Waals surface area contributed by atoms with E-state index in [4.69, 9.17) is 5.11 Å². The van der Waals surface area contributed by atoms with E-state index in [9.17, 15) is 4.79 Å². The summed E-state index contributed by atoms with van der Waals surface area (Å²) in [5.41, 5.74) is 5.04. The van der Waals surface area contributed by atoms with Gasteiger partial charge in [-0.05, 0) is 56.1 Å². The van der Waals surface area contributed by atoms with Gasteiger partial charge in [0.2, 0.25) is 0 Å². The van der Waals surface area contributed by atoms with Crippen LogP contribution in [0.4, 0.5) is 0 Å². The van der Waals surface area contributed by atoms with Gasteiger partial charge in [0, 0.05) is 6.08 Å². The maximum atomic E-state index is 10.6. The van der Waals surface area contributed by atoms with E-state index < -0.39 is 5.97 Å². The lowest BCUT2D eigenvalue weighted by Gasteiger charge is -2.39. The number of allylic oxidation sites excluding steroid dienone is 9. The molecule has 0 fully saturated rings. The van der Waals surface area contributed by atoms with E-state index >= 15 is 0 Å². The van der Waals surface area contributed by atoms with Gasteiger partial charge in [-0.3, -0.25) is 0 Å². The Kier molecular flexibility index (Phi) is 6.80. The third-order valence-electron chi connectivity index (χ3n) is 4.92. The first-order chi connectivity index (χ1) is 10.6. The van der Waals surface area contributed by atoms with Gasteiger partial charge in [0.05, 0.1) is 0 Å². The summed E-state index contributed by atoms with van der Waals surface area (Å²) in [5.74, 6) is -0.220. The summed E-state index contributed by atoms with van der Waals surface area (Å²) in [6.45, 7) is 13.1. The second kappa shape index (κ2) is 8.14. The zero-order valence-electron chi connectivity index (χ0n) is 15.3. The molecule has 0 aliphatic heterocycles. The van der Waals surface area contributed by atoms with E-state index in [1.165, 1.54) is 30.1 Å². The Bertz CT molecular complexity index is 595. The average molecular weight is 314 g/mol. The molecule has 1 N–H and O–H groups in total. The monoisotopic (exact) mass is 314 g/mol. The van der Waals surface area contributed by atoms with Crippen LogP contribution in [0.25, 0.3) is 0 Å². The molecule has 2 heteroatoms. The summed E-state index contributed by atoms with van der Waals surface area (Å²) in [6, 6.07) is 0. The number of hydrogen-bond acceptors (Lipinski definition) is 1. The average Bonchev–Trinajstić information content (AvgIpc) is 2.42. The van der Waals surface area contributed by atoms with Crippen LogP contribution in [0.15, 0.2) is 58.7 Å². The molecule has 0 aromatic rings. The minimum absolute atomic E-state index is 0.218. The van der Waals surface area contributed by atoms with Crippen molar-refractivity contribution in [1.29, 1.82) is 0 Å². The molecule has 126 valence electrons. The predicted molar refractivity (Wildman–Crippen MR) is 98.3 cm³/mol. The van der Waals surface area contributed by atoms with Crippen molar-refractivity contribution in [3.8, 4) is 0 Å². The normalized spacial score (nSPS) is 23.1. The van der Waals surface area contributed by atoms with E-state index in [0.29, 0.717) is 5.92 Å². The van der Waals surface area contributed by atoms with Crippen molar-refractivity contribution in [1.82, 2.24) is 0 Å². The molecule has 2 nitrogen and oxygen atoms in total. The van der Waals surface area contributed by atoms with Crippen molar-refractivity contribution in [2.24, 2.45) is 11.3 Å². The first-order valence-electron chi connectivity index (χ1n) is 8.29. The van der Waals surface area contributed by atoms with E-state index in [0.717, 1.165) is 11.1 Å². The molecule has 1 rings (SSSR count). The summed E-state index contributed by atoms with van der Waals surface area (Å²) in [6.07, 6.45) is 13.8. The third-order valence-corrected chi connectivity index (χ3v) is 4.92. The first kappa shape index (κ1) is 19.2. The van der Waals surface area contributed by atoms with Gasteiger partial charge in [-0.25, -0.2) is 4.79 Å². The molecule has 1 atom stereocenters. The fraction of sp³-hybridized carbons (Fsp3) is 0.476. The second-order valence-electron chi connectivity index (χ2n) is 7.19. The van der Waals surface area contributed by atoms with E-state index in [1.54, 1.807) is 6.92 Å². The van der Waals surface area contributed by atoms with Crippen LogP contribution in [-0.4, -0.2) is 11.1 Å². The maximum absolute atomic E-state index is 10.6. The van der Waals surface area contributed by atoms with Crippen molar-refractivity contribution >= 4 is 5.97 Å². The Balaban J connectivity index is 2.85. The highest BCUT2D eigenvalue weighted by Crippen LogP contribution is 2.44. The minimum atomic E-state index is -0.913. The van der Waals surface area contributed by atoms with Gasteiger partial charge < -0.3 is 5.11 Å². The third kappa shape index (κ3) is 5.70. The van der Waals surface area contributed by atoms with Gasteiger partial charge >= 0.3 is 5.97 Å². The smallest absolute Gasteiger partial charge is 0.328 e. The number of aliphatic carboxylic acids is 1. The SMILES string of the molecule is CC1=C(/C=C/C(C)=C\C=C\C(C)=C\C(=O)O)C(C)(C)C(C)CC1. The highest BCUT2D eigenvalue weighted by atomic mass is 16.4. The van der Waals surface area contributed by atoms with E-state index in [2.05, 4.69) is 46.8 Å². The van der Waals surface area contributed by atoms with Crippen molar-refractivity contribution < 1.29 is 9.90 Å². The van der Waals surface area contributed by atoms with Gasteiger partial charge in [0.15, 0.2) is 0 Å². The molecule has 0 bridgehead atoms. The molecule has 0 aromatic heterocycles. The Morgan fingerprint density at radius 1 is 1.22 bits per heavy atom. The Labute approximate surface area is 141 Å². The maximum Gasteiger partial charge on any atom is 0.328 e. The van der Waals surface area contributed by atoms with Gasteiger partial charge in [-0.15, -0.1) is 0 Å². The van der Waals surface area contributed by atoms with Crippen molar-refractivity contribution in [3.05, 3.63) is 58.7 Å². The van der Waals surface area contributed by atoms with Crippen LogP contribution in [0, 0.1) is 11.3 Å². The molecule has 0 aromatic carbocycles. The molecule has 0 heterocycles. The predicted octanol–water partition coefficient (Wildman–Crippen LogP) is 5.85. The molecule has 0 saturated heterocycles. The molecule has 0 radical (unpaired) electrons. The first-order valence-corrected chi connectivity index (χ1v) is 8.29. The number of carbonyl (C=O) groups is 1. The molecular weight excluding hydrogens is 284 g/mol. The Morgan fingerprint density at radius 2 is 1.87 bits per heavy atom. The molecular formula is C21H30O2. The van der Waals surface area contributed by atoms with Crippen LogP contribution >= 0.6 is 0 Å². The summed E-state index contributed by atoms with van der Waals surface area (Å²) >= 11 is 0. The Hall–Kier alpha value is -1.83. The number of carboxylic acid groups (broad SMARTS) is 1. The van der Waals surface area contributed by atoms with Crippen LogP contribution in [0.3, 0.4) is 0 Å². The van der Waals surface area contributed by atoms with E-state index in [-0.39, 0.29) is 5.41 Å². The highest BCUT2D eigenvalue weighted by Gasteiger charge is 2.32. The molecule has 0 saturated carbocycles. The molecule has 23 heavy (non-hydrogen) atoms. The van der Waals surface area contributed by atoms with Crippen molar-refractivity contribution in [2.45, 2.75) is 54.4 Å². The summed E-state index contributed by atoms with van der Waals surface area (Å²) < 4.78 is 0. The lowest BCUT2D eigenvalue weighted by molar-refractivity contribution is -0.131. The van der Waals surface area contributed by atoms with Crippen molar-refractivity contribution in [2.75, 3.05) is 0 Å². The molecule has 1 aliphatic rings. The Morgan fingerprint density at radius 3 is 2.48 bits per heavy atom. The van der Waals surface area contributed by atoms with Gasteiger partial charge in [-0.1, -0.05) is 62.3 Å². The molecule has 0 spiro atoms. The van der Waals surface area contributed by atoms with Crippen LogP contribution in [0.5, 0.6) is 0 Å². The lowest BCUT2D eigenvalue weighted by Crippen LogP contribution is -2.28. The van der Waals surface area contributed by atoms with Crippen LogP contribution in [-0.2, 0) is 4.79 Å². The zero-order chi connectivity index (χ0) is 17.6. The summed E-state index contributed by atoms with van der Waals surface area (Å²) in [7, 11) is 0. The molecule has 1 aliphatic carbocycles. The fourth-order valence-electron chi connectivity index (χ4n) is 2.97. The second-order valence-corrected chi connectivity index (χ2v) is 7.19. The van der Waals surface area contributed by atoms with Crippen LogP contribution in [0.1, 0.15) is 54.4 Å². The largest absolute Gasteiger partial charge is 0.478 e. The van der Waals surface area contributed by atoms with E-state index in [1.807, 2.05) is 18.2 Å². The van der Waals surface area contributed by atoms with Gasteiger partial charge in [0.1, 0.15) is 0 Å². The van der Waals surface area contributed by atoms with Gasteiger partial charge in [-0.2, -0.15) is 0 Å². The zero-order valence-corrected chi connectivity index (χ0v) is 15.3. The van der Waals surface area contributed by atoms with Gasteiger partial charge in [0.25, 0.3) is 0 Å². The highest BCUT2D eigenvalue weighted by molar-refractivity contribution is 5.81.